The van der Waals surface area contributed by atoms with Crippen molar-refractivity contribution < 1.29 is 8.78 Å². The van der Waals surface area contributed by atoms with E-state index >= 15 is 0 Å². The quantitative estimate of drug-likeness (QED) is 0.832. The van der Waals surface area contributed by atoms with Crippen molar-refractivity contribution in [3.05, 3.63) is 35.4 Å². The maximum Gasteiger partial charge on any atom is 0.126 e. The molecule has 4 heteroatoms. The topological polar surface area (TPSA) is 29.3 Å². The number of likely N-dealkylation sites (N-methyl/N-ethyl adjacent to an activating group) is 1. The predicted molar refractivity (Wildman–Crippen MR) is 79.7 cm³/mol. The number of nitrogens with zero attached hydrogens (tertiary/aromatic N) is 1. The van der Waals surface area contributed by atoms with Crippen LogP contribution >= 0.6 is 0 Å². The fourth-order valence-electron chi connectivity index (χ4n) is 2.82. The van der Waals surface area contributed by atoms with Crippen molar-refractivity contribution >= 4 is 0 Å². The van der Waals surface area contributed by atoms with Crippen molar-refractivity contribution in [3.8, 4) is 0 Å². The summed E-state index contributed by atoms with van der Waals surface area (Å²) >= 11 is 0. The Bertz CT molecular complexity index is 432. The maximum absolute atomic E-state index is 13.8. The molecule has 0 saturated carbocycles. The summed E-state index contributed by atoms with van der Waals surface area (Å²) in [5.74, 6) is -0.811. The molecule has 1 rings (SSSR count). The molecule has 0 saturated heterocycles. The van der Waals surface area contributed by atoms with Gasteiger partial charge in [0.05, 0.1) is 0 Å². The van der Waals surface area contributed by atoms with Crippen LogP contribution in [0.1, 0.15) is 39.7 Å². The van der Waals surface area contributed by atoms with Gasteiger partial charge < -0.3 is 5.73 Å². The summed E-state index contributed by atoms with van der Waals surface area (Å²) in [7, 11) is 0. The first-order valence-corrected chi connectivity index (χ1v) is 7.33. The second-order valence-corrected chi connectivity index (χ2v) is 5.43. The fraction of sp³-hybridized carbons (Fsp3) is 0.625. The van der Waals surface area contributed by atoms with Gasteiger partial charge in [-0.2, -0.15) is 0 Å². The Morgan fingerprint density at radius 1 is 1.20 bits per heavy atom. The number of hydrogen-bond acceptors (Lipinski definition) is 2. The Morgan fingerprint density at radius 3 is 2.30 bits per heavy atom. The highest BCUT2D eigenvalue weighted by Gasteiger charge is 2.35. The minimum absolute atomic E-state index is 0.220. The van der Waals surface area contributed by atoms with E-state index < -0.39 is 5.82 Å². The number of benzene rings is 1. The Balaban J connectivity index is 2.97. The highest BCUT2D eigenvalue weighted by atomic mass is 19.1. The zero-order valence-corrected chi connectivity index (χ0v) is 12.9. The Kier molecular flexibility index (Phi) is 6.08. The van der Waals surface area contributed by atoms with Crippen LogP contribution in [0.15, 0.2) is 18.2 Å². The van der Waals surface area contributed by atoms with Crippen LogP contribution in [0.4, 0.5) is 8.78 Å². The molecule has 0 bridgehead atoms. The molecule has 114 valence electrons. The Labute approximate surface area is 121 Å². The molecule has 1 aromatic carbocycles. The summed E-state index contributed by atoms with van der Waals surface area (Å²) in [5, 5.41) is 0. The lowest BCUT2D eigenvalue weighted by molar-refractivity contribution is 0.0842. The van der Waals surface area contributed by atoms with Gasteiger partial charge in [0, 0.05) is 11.6 Å². The summed E-state index contributed by atoms with van der Waals surface area (Å²) in [6, 6.07) is 3.29. The lowest BCUT2D eigenvalue weighted by Gasteiger charge is -2.44. The standard InChI is InChI=1S/C16H26F2N2/c1-5-16(4,20(6-2)7-3)15(19)11-12-10-13(17)8-9-14(12)18/h8-10,15H,5-7,11,19H2,1-4H3. The molecule has 0 aliphatic rings. The van der Waals surface area contributed by atoms with E-state index in [1.54, 1.807) is 0 Å². The zero-order chi connectivity index (χ0) is 15.3. The summed E-state index contributed by atoms with van der Waals surface area (Å²) in [5.41, 5.74) is 6.47. The van der Waals surface area contributed by atoms with Gasteiger partial charge in [-0.05, 0) is 56.6 Å². The highest BCUT2D eigenvalue weighted by Crippen LogP contribution is 2.25. The summed E-state index contributed by atoms with van der Waals surface area (Å²) in [6.45, 7) is 10.1. The largest absolute Gasteiger partial charge is 0.326 e. The molecule has 0 aromatic heterocycles. The van der Waals surface area contributed by atoms with Crippen LogP contribution in [-0.4, -0.2) is 29.6 Å². The van der Waals surface area contributed by atoms with E-state index in [2.05, 4.69) is 32.6 Å². The van der Waals surface area contributed by atoms with Crippen molar-refractivity contribution in [3.63, 3.8) is 0 Å². The van der Waals surface area contributed by atoms with Crippen molar-refractivity contribution in [2.45, 2.75) is 52.1 Å². The molecule has 0 amide bonds. The van der Waals surface area contributed by atoms with Gasteiger partial charge in [0.2, 0.25) is 0 Å². The highest BCUT2D eigenvalue weighted by molar-refractivity contribution is 5.21. The molecule has 0 aliphatic carbocycles. The van der Waals surface area contributed by atoms with E-state index in [4.69, 9.17) is 5.73 Å². The van der Waals surface area contributed by atoms with Crippen molar-refractivity contribution in [1.29, 1.82) is 0 Å². The molecule has 1 aromatic rings. The number of nitrogens with two attached hydrogens (primary N) is 1. The van der Waals surface area contributed by atoms with Crippen LogP contribution in [0.25, 0.3) is 0 Å². The average molecular weight is 284 g/mol. The fourth-order valence-corrected chi connectivity index (χ4v) is 2.82. The second-order valence-electron chi connectivity index (χ2n) is 5.43. The van der Waals surface area contributed by atoms with Crippen LogP contribution in [-0.2, 0) is 6.42 Å². The first-order valence-electron chi connectivity index (χ1n) is 7.33. The predicted octanol–water partition coefficient (Wildman–Crippen LogP) is 3.35. The monoisotopic (exact) mass is 284 g/mol. The molecular weight excluding hydrogens is 258 g/mol. The van der Waals surface area contributed by atoms with E-state index in [0.29, 0.717) is 12.0 Å². The minimum Gasteiger partial charge on any atom is -0.326 e. The number of hydrogen-bond donors (Lipinski definition) is 1. The first kappa shape index (κ1) is 17.1. The number of halogens is 2. The normalized spacial score (nSPS) is 16.2. The summed E-state index contributed by atoms with van der Waals surface area (Å²) < 4.78 is 27.0. The Hall–Kier alpha value is -1.00. The molecule has 0 spiro atoms. The molecule has 2 N–H and O–H groups in total. The van der Waals surface area contributed by atoms with Gasteiger partial charge in [-0.15, -0.1) is 0 Å². The number of rotatable bonds is 7. The second kappa shape index (κ2) is 7.14. The van der Waals surface area contributed by atoms with Gasteiger partial charge in [0.15, 0.2) is 0 Å². The van der Waals surface area contributed by atoms with Crippen LogP contribution < -0.4 is 5.73 Å². The summed E-state index contributed by atoms with van der Waals surface area (Å²) in [6.07, 6.45) is 1.21. The SMILES string of the molecule is CCN(CC)C(C)(CC)C(N)Cc1cc(F)ccc1F. The van der Waals surface area contributed by atoms with Gasteiger partial charge >= 0.3 is 0 Å². The third kappa shape index (κ3) is 3.55. The van der Waals surface area contributed by atoms with Crippen molar-refractivity contribution in [2.75, 3.05) is 13.1 Å². The van der Waals surface area contributed by atoms with Crippen molar-refractivity contribution in [1.82, 2.24) is 4.90 Å². The lowest BCUT2D eigenvalue weighted by atomic mass is 9.84. The van der Waals surface area contributed by atoms with E-state index in [9.17, 15) is 8.78 Å². The molecule has 0 aliphatic heterocycles. The molecule has 20 heavy (non-hydrogen) atoms. The zero-order valence-electron chi connectivity index (χ0n) is 12.9. The molecule has 2 nitrogen and oxygen atoms in total. The van der Waals surface area contributed by atoms with E-state index in [0.717, 1.165) is 31.6 Å². The van der Waals surface area contributed by atoms with Gasteiger partial charge in [-0.3, -0.25) is 4.90 Å². The van der Waals surface area contributed by atoms with E-state index in [1.165, 1.54) is 6.07 Å². The van der Waals surface area contributed by atoms with Crippen LogP contribution in [0.5, 0.6) is 0 Å². The van der Waals surface area contributed by atoms with Crippen LogP contribution in [0.2, 0.25) is 0 Å². The molecule has 0 radical (unpaired) electrons. The van der Waals surface area contributed by atoms with Crippen LogP contribution in [0.3, 0.4) is 0 Å². The average Bonchev–Trinajstić information content (AvgIpc) is 2.43. The third-order valence-electron chi connectivity index (χ3n) is 4.45. The molecule has 0 fully saturated rings. The van der Waals surface area contributed by atoms with Gasteiger partial charge in [0.25, 0.3) is 0 Å². The smallest absolute Gasteiger partial charge is 0.126 e. The lowest BCUT2D eigenvalue weighted by Crippen LogP contribution is -2.58. The van der Waals surface area contributed by atoms with E-state index in [1.807, 2.05) is 0 Å². The van der Waals surface area contributed by atoms with Gasteiger partial charge in [0.1, 0.15) is 11.6 Å². The Morgan fingerprint density at radius 2 is 1.80 bits per heavy atom. The molecular formula is C16H26F2N2. The third-order valence-corrected chi connectivity index (χ3v) is 4.45. The molecule has 2 atom stereocenters. The van der Waals surface area contributed by atoms with Gasteiger partial charge in [-0.1, -0.05) is 20.8 Å². The van der Waals surface area contributed by atoms with Crippen LogP contribution in [0, 0.1) is 11.6 Å². The molecule has 0 heterocycles. The van der Waals surface area contributed by atoms with Gasteiger partial charge in [-0.25, -0.2) is 8.78 Å². The summed E-state index contributed by atoms with van der Waals surface area (Å²) in [4.78, 5) is 2.29. The minimum atomic E-state index is -0.422. The van der Waals surface area contributed by atoms with Crippen molar-refractivity contribution in [2.24, 2.45) is 5.73 Å². The maximum atomic E-state index is 13.8. The molecule has 2 unspecified atom stereocenters. The van der Waals surface area contributed by atoms with E-state index in [-0.39, 0.29) is 17.4 Å². The first-order chi connectivity index (χ1) is 9.38.